The molecular formula is C31H29N3O6. The van der Waals surface area contributed by atoms with Gasteiger partial charge in [-0.2, -0.15) is 5.10 Å². The molecule has 2 amide bonds. The molecule has 0 spiro atoms. The number of fused-ring (bicyclic) bond motifs is 1. The van der Waals surface area contributed by atoms with Crippen LogP contribution in [0.1, 0.15) is 36.2 Å². The van der Waals surface area contributed by atoms with Crippen molar-refractivity contribution in [3.63, 3.8) is 0 Å². The first kappa shape index (κ1) is 27.8. The third-order valence-electron chi connectivity index (χ3n) is 5.66. The molecule has 4 aromatic rings. The van der Waals surface area contributed by atoms with E-state index in [1.165, 1.54) is 6.21 Å². The van der Waals surface area contributed by atoms with E-state index in [2.05, 4.69) is 15.8 Å². The van der Waals surface area contributed by atoms with Gasteiger partial charge in [0.1, 0.15) is 5.75 Å². The van der Waals surface area contributed by atoms with Crippen molar-refractivity contribution < 1.29 is 28.6 Å². The largest absolute Gasteiger partial charge is 0.494 e. The molecule has 2 N–H and O–H groups in total. The van der Waals surface area contributed by atoms with Gasteiger partial charge in [0.05, 0.1) is 25.0 Å². The molecule has 0 atom stereocenters. The Hall–Kier alpha value is -5.18. The summed E-state index contributed by atoms with van der Waals surface area (Å²) in [6, 6.07) is 24.5. The number of rotatable bonds is 10. The van der Waals surface area contributed by atoms with Gasteiger partial charge in [-0.1, -0.05) is 43.3 Å². The molecule has 40 heavy (non-hydrogen) atoms. The number of carbonyl (C=O) groups excluding carboxylic acids is 3. The molecule has 0 unspecified atom stereocenters. The molecule has 4 rings (SSSR count). The summed E-state index contributed by atoms with van der Waals surface area (Å²) in [5.74, 6) is -1.10. The number of nitrogens with one attached hydrogen (secondary N) is 2. The molecule has 0 bridgehead atoms. The minimum Gasteiger partial charge on any atom is -0.494 e. The maximum atomic E-state index is 12.7. The smallest absolute Gasteiger partial charge is 0.343 e. The van der Waals surface area contributed by atoms with Crippen LogP contribution in [0.2, 0.25) is 0 Å². The fraction of sp³-hybridized carbons (Fsp3) is 0.161. The summed E-state index contributed by atoms with van der Waals surface area (Å²) in [6.07, 6.45) is 2.24. The van der Waals surface area contributed by atoms with Crippen molar-refractivity contribution >= 4 is 40.5 Å². The maximum absolute atomic E-state index is 12.7. The monoisotopic (exact) mass is 539 g/mol. The highest BCUT2D eigenvalue weighted by Gasteiger charge is 2.15. The van der Waals surface area contributed by atoms with Crippen molar-refractivity contribution in [2.75, 3.05) is 18.5 Å². The number of amides is 2. The Balaban J connectivity index is 1.37. The lowest BCUT2D eigenvalue weighted by Crippen LogP contribution is -2.32. The second-order valence-electron chi connectivity index (χ2n) is 8.58. The molecule has 0 saturated carbocycles. The summed E-state index contributed by atoms with van der Waals surface area (Å²) < 4.78 is 16.7. The molecule has 9 nitrogen and oxygen atoms in total. The van der Waals surface area contributed by atoms with E-state index >= 15 is 0 Å². The first-order valence-corrected chi connectivity index (χ1v) is 12.8. The molecule has 0 aliphatic rings. The molecule has 0 aliphatic heterocycles. The average molecular weight is 540 g/mol. The van der Waals surface area contributed by atoms with Crippen LogP contribution in [0.5, 0.6) is 17.2 Å². The number of carbonyl (C=O) groups is 3. The van der Waals surface area contributed by atoms with E-state index in [-0.39, 0.29) is 5.75 Å². The second-order valence-corrected chi connectivity index (χ2v) is 8.58. The number of nitrogens with zero attached hydrogens (tertiary/aromatic N) is 1. The lowest BCUT2D eigenvalue weighted by molar-refractivity contribution is -0.136. The minimum absolute atomic E-state index is 0.230. The van der Waals surface area contributed by atoms with Gasteiger partial charge in [0, 0.05) is 11.1 Å². The topological polar surface area (TPSA) is 115 Å². The van der Waals surface area contributed by atoms with Crippen molar-refractivity contribution in [3.8, 4) is 17.2 Å². The van der Waals surface area contributed by atoms with Crippen LogP contribution in [0, 0.1) is 0 Å². The zero-order valence-corrected chi connectivity index (χ0v) is 22.2. The zero-order valence-electron chi connectivity index (χ0n) is 22.2. The van der Waals surface area contributed by atoms with E-state index in [9.17, 15) is 14.4 Å². The predicted molar refractivity (Wildman–Crippen MR) is 153 cm³/mol. The first-order chi connectivity index (χ1) is 19.5. The number of anilines is 1. The van der Waals surface area contributed by atoms with Crippen molar-refractivity contribution in [2.24, 2.45) is 5.10 Å². The lowest BCUT2D eigenvalue weighted by atomic mass is 10.1. The van der Waals surface area contributed by atoms with Crippen LogP contribution in [0.4, 0.5) is 5.69 Å². The standard InChI is InChI=1S/C31H29N3O6/c1-3-18-39-24-15-13-23(14-16-24)31(37)40-27-17-12-21(19-28(27)38-4-2)20-32-34-30(36)29(35)33-26-11-7-9-22-8-5-6-10-25(22)26/h5-17,19-20H,3-4,18H2,1-2H3,(H,33,35)(H,34,36)/b32-20-. The third-order valence-corrected chi connectivity index (χ3v) is 5.66. The molecule has 0 fully saturated rings. The van der Waals surface area contributed by atoms with Crippen LogP contribution in [-0.4, -0.2) is 37.2 Å². The first-order valence-electron chi connectivity index (χ1n) is 12.8. The third kappa shape index (κ3) is 7.22. The fourth-order valence-corrected chi connectivity index (χ4v) is 3.75. The molecule has 4 aromatic carbocycles. The Bertz CT molecular complexity index is 1530. The Morgan fingerprint density at radius 1 is 0.825 bits per heavy atom. The summed E-state index contributed by atoms with van der Waals surface area (Å²) in [5, 5.41) is 8.24. The quantitative estimate of drug-likeness (QED) is 0.0925. The van der Waals surface area contributed by atoms with Crippen LogP contribution in [0.15, 0.2) is 90.0 Å². The number of benzene rings is 4. The molecule has 0 saturated heterocycles. The number of hydrogen-bond donors (Lipinski definition) is 2. The predicted octanol–water partition coefficient (Wildman–Crippen LogP) is 5.34. The van der Waals surface area contributed by atoms with Gasteiger partial charge in [-0.15, -0.1) is 0 Å². The van der Waals surface area contributed by atoms with E-state index in [0.29, 0.717) is 41.5 Å². The van der Waals surface area contributed by atoms with Gasteiger partial charge in [0.2, 0.25) is 0 Å². The van der Waals surface area contributed by atoms with Crippen LogP contribution in [0.25, 0.3) is 10.8 Å². The number of hydrogen-bond acceptors (Lipinski definition) is 7. The Morgan fingerprint density at radius 3 is 2.38 bits per heavy atom. The van der Waals surface area contributed by atoms with Gasteiger partial charge in [-0.25, -0.2) is 10.2 Å². The van der Waals surface area contributed by atoms with Crippen LogP contribution < -0.4 is 25.0 Å². The molecule has 0 radical (unpaired) electrons. The van der Waals surface area contributed by atoms with Gasteiger partial charge in [0.25, 0.3) is 0 Å². The number of esters is 1. The zero-order chi connectivity index (χ0) is 28.3. The van der Waals surface area contributed by atoms with Crippen LogP contribution >= 0.6 is 0 Å². The van der Waals surface area contributed by atoms with Crippen molar-refractivity contribution in [1.82, 2.24) is 5.43 Å². The minimum atomic E-state index is -0.925. The molecule has 0 aromatic heterocycles. The average Bonchev–Trinajstić information content (AvgIpc) is 2.97. The van der Waals surface area contributed by atoms with Crippen LogP contribution in [-0.2, 0) is 9.59 Å². The van der Waals surface area contributed by atoms with Crippen LogP contribution in [0.3, 0.4) is 0 Å². The van der Waals surface area contributed by atoms with Gasteiger partial charge >= 0.3 is 17.8 Å². The van der Waals surface area contributed by atoms with E-state index < -0.39 is 17.8 Å². The highest BCUT2D eigenvalue weighted by Crippen LogP contribution is 2.29. The number of ether oxygens (including phenoxy) is 3. The summed E-state index contributed by atoms with van der Waals surface area (Å²) >= 11 is 0. The van der Waals surface area contributed by atoms with Crippen molar-refractivity contribution in [1.29, 1.82) is 0 Å². The highest BCUT2D eigenvalue weighted by molar-refractivity contribution is 6.40. The molecule has 204 valence electrons. The molecule has 9 heteroatoms. The highest BCUT2D eigenvalue weighted by atomic mass is 16.6. The van der Waals surface area contributed by atoms with E-state index in [4.69, 9.17) is 14.2 Å². The summed E-state index contributed by atoms with van der Waals surface area (Å²) in [7, 11) is 0. The summed E-state index contributed by atoms with van der Waals surface area (Å²) in [4.78, 5) is 37.4. The van der Waals surface area contributed by atoms with Gasteiger partial charge in [-0.3, -0.25) is 9.59 Å². The Labute approximate surface area is 231 Å². The van der Waals surface area contributed by atoms with Crippen molar-refractivity contribution in [3.05, 3.63) is 96.1 Å². The molecular weight excluding hydrogens is 510 g/mol. The lowest BCUT2D eigenvalue weighted by Gasteiger charge is -2.12. The second kappa shape index (κ2) is 13.6. The van der Waals surface area contributed by atoms with Gasteiger partial charge in [-0.05, 0) is 72.8 Å². The van der Waals surface area contributed by atoms with E-state index in [0.717, 1.165) is 17.2 Å². The number of hydrazone groups is 1. The van der Waals surface area contributed by atoms with Crippen molar-refractivity contribution in [2.45, 2.75) is 20.3 Å². The van der Waals surface area contributed by atoms with E-state index in [1.54, 1.807) is 61.5 Å². The molecule has 0 aliphatic carbocycles. The Morgan fingerprint density at radius 2 is 1.60 bits per heavy atom. The normalized spacial score (nSPS) is 10.8. The maximum Gasteiger partial charge on any atom is 0.343 e. The Kier molecular flexibility index (Phi) is 9.44. The van der Waals surface area contributed by atoms with Gasteiger partial charge < -0.3 is 19.5 Å². The SMILES string of the molecule is CCCOc1ccc(C(=O)Oc2ccc(/C=N\NC(=O)C(=O)Nc3cccc4ccccc34)cc2OCC)cc1. The molecule has 0 heterocycles. The van der Waals surface area contributed by atoms with E-state index in [1.807, 2.05) is 37.3 Å². The summed E-state index contributed by atoms with van der Waals surface area (Å²) in [5.41, 5.74) is 3.65. The summed E-state index contributed by atoms with van der Waals surface area (Å²) in [6.45, 7) is 4.75. The van der Waals surface area contributed by atoms with Gasteiger partial charge in [0.15, 0.2) is 11.5 Å². The fourth-order valence-electron chi connectivity index (χ4n) is 3.75.